The Morgan fingerprint density at radius 2 is 1.74 bits per heavy atom. The number of hydrogen-bond donors (Lipinski definition) is 0. The van der Waals surface area contributed by atoms with Gasteiger partial charge in [0.15, 0.2) is 5.96 Å². The number of benzene rings is 1. The van der Waals surface area contributed by atoms with Crippen molar-refractivity contribution in [3.8, 4) is 5.75 Å². The summed E-state index contributed by atoms with van der Waals surface area (Å²) in [6.07, 6.45) is 0.890. The Morgan fingerprint density at radius 3 is 2.32 bits per heavy atom. The van der Waals surface area contributed by atoms with Crippen LogP contribution >= 0.6 is 0 Å². The summed E-state index contributed by atoms with van der Waals surface area (Å²) < 4.78 is 5.62. The van der Waals surface area contributed by atoms with Crippen molar-refractivity contribution in [1.29, 1.82) is 0 Å². The minimum atomic E-state index is 0.695. The monoisotopic (exact) mass is 263 g/mol. The summed E-state index contributed by atoms with van der Waals surface area (Å²) in [4.78, 5) is 8.68. The number of ether oxygens (including phenoxy) is 1. The van der Waals surface area contributed by atoms with Gasteiger partial charge in [0.1, 0.15) is 5.75 Å². The first-order chi connectivity index (χ1) is 9.06. The first kappa shape index (κ1) is 15.3. The zero-order valence-corrected chi connectivity index (χ0v) is 12.7. The molecular weight excluding hydrogens is 238 g/mol. The molecule has 106 valence electrons. The maximum Gasteiger partial charge on any atom is 0.195 e. The second-order valence-corrected chi connectivity index (χ2v) is 4.76. The average Bonchev–Trinajstić information content (AvgIpc) is 2.35. The van der Waals surface area contributed by atoms with Gasteiger partial charge in [-0.15, -0.1) is 0 Å². The second kappa shape index (κ2) is 7.67. The lowest BCUT2D eigenvalue weighted by atomic mass is 10.1. The standard InChI is InChI=1S/C15H25N3O/c1-6-19-14-10-8-7-9-13(14)11-12-16-15(17(2)3)18(4)5/h7-10H,6,11-12H2,1-5H3. The van der Waals surface area contributed by atoms with E-state index in [1.807, 2.05) is 63.1 Å². The van der Waals surface area contributed by atoms with Crippen molar-refractivity contribution in [1.82, 2.24) is 9.80 Å². The van der Waals surface area contributed by atoms with E-state index in [0.717, 1.165) is 24.7 Å². The minimum Gasteiger partial charge on any atom is -0.494 e. The molecule has 0 bridgehead atoms. The lowest BCUT2D eigenvalue weighted by molar-refractivity contribution is 0.336. The van der Waals surface area contributed by atoms with Crippen molar-refractivity contribution in [3.63, 3.8) is 0 Å². The molecule has 19 heavy (non-hydrogen) atoms. The number of guanidine groups is 1. The number of nitrogens with zero attached hydrogens (tertiary/aromatic N) is 3. The SMILES string of the molecule is CCOc1ccccc1CCN=C(N(C)C)N(C)C. The largest absolute Gasteiger partial charge is 0.494 e. The Bertz CT molecular complexity index is 404. The van der Waals surface area contributed by atoms with Crippen LogP contribution in [0.3, 0.4) is 0 Å². The highest BCUT2D eigenvalue weighted by Crippen LogP contribution is 2.18. The highest BCUT2D eigenvalue weighted by atomic mass is 16.5. The van der Waals surface area contributed by atoms with Gasteiger partial charge in [-0.3, -0.25) is 4.99 Å². The molecule has 0 saturated heterocycles. The quantitative estimate of drug-likeness (QED) is 0.601. The zero-order valence-electron chi connectivity index (χ0n) is 12.7. The zero-order chi connectivity index (χ0) is 14.3. The van der Waals surface area contributed by atoms with Gasteiger partial charge in [0.05, 0.1) is 6.61 Å². The van der Waals surface area contributed by atoms with Crippen LogP contribution in [0.1, 0.15) is 12.5 Å². The van der Waals surface area contributed by atoms with Crippen LogP contribution < -0.4 is 4.74 Å². The molecule has 1 rings (SSSR count). The molecule has 0 unspecified atom stereocenters. The Hall–Kier alpha value is -1.71. The Balaban J connectivity index is 2.68. The lowest BCUT2D eigenvalue weighted by Crippen LogP contribution is -2.35. The van der Waals surface area contributed by atoms with Crippen LogP contribution in [0, 0.1) is 0 Å². The molecular formula is C15H25N3O. The van der Waals surface area contributed by atoms with Gasteiger partial charge in [0.25, 0.3) is 0 Å². The van der Waals surface area contributed by atoms with Gasteiger partial charge in [-0.05, 0) is 25.0 Å². The maximum absolute atomic E-state index is 5.62. The van der Waals surface area contributed by atoms with Crippen LogP contribution in [-0.2, 0) is 6.42 Å². The number of hydrogen-bond acceptors (Lipinski definition) is 2. The third kappa shape index (κ3) is 4.81. The van der Waals surface area contributed by atoms with Crippen LogP contribution in [0.5, 0.6) is 5.75 Å². The molecule has 4 nitrogen and oxygen atoms in total. The Labute approximate surface area is 116 Å². The molecule has 0 spiro atoms. The first-order valence-electron chi connectivity index (χ1n) is 6.66. The molecule has 1 aromatic carbocycles. The highest BCUT2D eigenvalue weighted by molar-refractivity contribution is 5.79. The van der Waals surface area contributed by atoms with Crippen LogP contribution in [-0.4, -0.2) is 57.1 Å². The molecule has 0 aromatic heterocycles. The smallest absolute Gasteiger partial charge is 0.195 e. The Morgan fingerprint density at radius 1 is 1.11 bits per heavy atom. The van der Waals surface area contributed by atoms with Crippen molar-refractivity contribution >= 4 is 5.96 Å². The average molecular weight is 263 g/mol. The molecule has 0 aliphatic carbocycles. The fourth-order valence-corrected chi connectivity index (χ4v) is 1.97. The predicted molar refractivity (Wildman–Crippen MR) is 81.0 cm³/mol. The van der Waals surface area contributed by atoms with E-state index in [0.29, 0.717) is 6.61 Å². The summed E-state index contributed by atoms with van der Waals surface area (Å²) in [5, 5.41) is 0. The van der Waals surface area contributed by atoms with Gasteiger partial charge in [0, 0.05) is 34.7 Å². The third-order valence-corrected chi connectivity index (χ3v) is 2.71. The second-order valence-electron chi connectivity index (χ2n) is 4.76. The van der Waals surface area contributed by atoms with E-state index in [2.05, 4.69) is 11.1 Å². The molecule has 0 aliphatic rings. The number of para-hydroxylation sites is 1. The van der Waals surface area contributed by atoms with Crippen molar-refractivity contribution in [2.75, 3.05) is 41.3 Å². The highest BCUT2D eigenvalue weighted by Gasteiger charge is 2.05. The molecule has 0 atom stereocenters. The van der Waals surface area contributed by atoms with Crippen LogP contribution in [0.15, 0.2) is 29.3 Å². The Kier molecular flexibility index (Phi) is 6.19. The summed E-state index contributed by atoms with van der Waals surface area (Å²) in [5.41, 5.74) is 1.21. The van der Waals surface area contributed by atoms with Crippen LogP contribution in [0.4, 0.5) is 0 Å². The van der Waals surface area contributed by atoms with Crippen LogP contribution in [0.25, 0.3) is 0 Å². The number of aliphatic imine (C=N–C) groups is 1. The van der Waals surface area contributed by atoms with Gasteiger partial charge in [-0.25, -0.2) is 0 Å². The molecule has 0 fully saturated rings. The fraction of sp³-hybridized carbons (Fsp3) is 0.533. The van der Waals surface area contributed by atoms with E-state index in [1.165, 1.54) is 5.56 Å². The van der Waals surface area contributed by atoms with E-state index in [1.54, 1.807) is 0 Å². The van der Waals surface area contributed by atoms with E-state index in [9.17, 15) is 0 Å². The molecule has 0 saturated carbocycles. The van der Waals surface area contributed by atoms with Crippen LogP contribution in [0.2, 0.25) is 0 Å². The van der Waals surface area contributed by atoms with E-state index in [-0.39, 0.29) is 0 Å². The van der Waals surface area contributed by atoms with Gasteiger partial charge in [0.2, 0.25) is 0 Å². The van der Waals surface area contributed by atoms with Gasteiger partial charge in [-0.2, -0.15) is 0 Å². The molecule has 0 heterocycles. The third-order valence-electron chi connectivity index (χ3n) is 2.71. The summed E-state index contributed by atoms with van der Waals surface area (Å²) in [5.74, 6) is 1.95. The summed E-state index contributed by atoms with van der Waals surface area (Å²) in [6, 6.07) is 8.16. The van der Waals surface area contributed by atoms with Crippen molar-refractivity contribution < 1.29 is 4.74 Å². The maximum atomic E-state index is 5.62. The van der Waals surface area contributed by atoms with E-state index >= 15 is 0 Å². The summed E-state index contributed by atoms with van der Waals surface area (Å²) in [7, 11) is 8.03. The summed E-state index contributed by atoms with van der Waals surface area (Å²) >= 11 is 0. The van der Waals surface area contributed by atoms with Gasteiger partial charge < -0.3 is 14.5 Å². The first-order valence-corrected chi connectivity index (χ1v) is 6.66. The molecule has 0 aliphatic heterocycles. The fourth-order valence-electron chi connectivity index (χ4n) is 1.97. The molecule has 0 N–H and O–H groups in total. The summed E-state index contributed by atoms with van der Waals surface area (Å²) in [6.45, 7) is 3.46. The van der Waals surface area contributed by atoms with Crippen molar-refractivity contribution in [2.24, 2.45) is 4.99 Å². The molecule has 0 radical (unpaired) electrons. The normalized spacial score (nSPS) is 9.95. The topological polar surface area (TPSA) is 28.1 Å². The molecule has 0 amide bonds. The van der Waals surface area contributed by atoms with Gasteiger partial charge >= 0.3 is 0 Å². The molecule has 4 heteroatoms. The predicted octanol–water partition coefficient (Wildman–Crippen LogP) is 2.11. The lowest BCUT2D eigenvalue weighted by Gasteiger charge is -2.22. The van der Waals surface area contributed by atoms with Crippen molar-refractivity contribution in [3.05, 3.63) is 29.8 Å². The molecule has 1 aromatic rings. The number of rotatable bonds is 5. The minimum absolute atomic E-state index is 0.695. The van der Waals surface area contributed by atoms with Crippen molar-refractivity contribution in [2.45, 2.75) is 13.3 Å². The van der Waals surface area contributed by atoms with E-state index < -0.39 is 0 Å². The van der Waals surface area contributed by atoms with E-state index in [4.69, 9.17) is 4.74 Å². The van der Waals surface area contributed by atoms with Gasteiger partial charge in [-0.1, -0.05) is 18.2 Å².